The Balaban J connectivity index is 1.59. The number of fused-ring (bicyclic) bond motifs is 2. The van der Waals surface area contributed by atoms with Gasteiger partial charge < -0.3 is 4.90 Å². The summed E-state index contributed by atoms with van der Waals surface area (Å²) < 4.78 is 0. The predicted molar refractivity (Wildman–Crippen MR) is 166 cm³/mol. The molecular formula is C36H33ClN4O2. The van der Waals surface area contributed by atoms with Crippen LogP contribution in [0.5, 0.6) is 0 Å². The number of benzene rings is 1. The van der Waals surface area contributed by atoms with Crippen LogP contribution in [0.3, 0.4) is 0 Å². The molecule has 216 valence electrons. The molecule has 5 heterocycles. The highest BCUT2D eigenvalue weighted by Crippen LogP contribution is 2.66. The van der Waals surface area contributed by atoms with Gasteiger partial charge in [0, 0.05) is 58.8 Å². The van der Waals surface area contributed by atoms with Crippen molar-refractivity contribution >= 4 is 23.2 Å². The van der Waals surface area contributed by atoms with Crippen molar-refractivity contribution in [2.75, 3.05) is 0 Å². The van der Waals surface area contributed by atoms with Crippen molar-refractivity contribution in [3.8, 4) is 0 Å². The van der Waals surface area contributed by atoms with E-state index < -0.39 is 5.54 Å². The lowest BCUT2D eigenvalue weighted by atomic mass is 9.65. The normalized spacial score (nSPS) is 26.2. The van der Waals surface area contributed by atoms with Crippen LogP contribution in [-0.2, 0) is 4.79 Å². The van der Waals surface area contributed by atoms with Crippen LogP contribution in [0.4, 0.5) is 0 Å². The van der Waals surface area contributed by atoms with E-state index >= 15 is 4.79 Å². The van der Waals surface area contributed by atoms with E-state index in [2.05, 4.69) is 35.9 Å². The largest absolute Gasteiger partial charge is 0.351 e. The number of allylic oxidation sites excluding steroid dienone is 2. The SMILES string of the molecule is CC1(C)CC(=O)C2=C(C1)N1[C@H](c3ccccn3)[C@@H](c3ccc(Cl)cc3)[C@H](c3ccccn3)[C@@]1(C(=O)c1ccccn1)CC2. The highest BCUT2D eigenvalue weighted by Gasteiger charge is 2.67. The number of hydrogen-bond donors (Lipinski definition) is 0. The van der Waals surface area contributed by atoms with Crippen LogP contribution in [0.2, 0.25) is 5.02 Å². The Bertz CT molecular complexity index is 1710. The quantitative estimate of drug-likeness (QED) is 0.225. The van der Waals surface area contributed by atoms with E-state index in [-0.39, 0.29) is 34.9 Å². The Morgan fingerprint density at radius 1 is 0.837 bits per heavy atom. The number of ketones is 2. The van der Waals surface area contributed by atoms with Crippen LogP contribution in [0.1, 0.15) is 84.8 Å². The van der Waals surface area contributed by atoms with Crippen LogP contribution in [0.15, 0.2) is 109 Å². The van der Waals surface area contributed by atoms with E-state index in [0.717, 1.165) is 28.2 Å². The van der Waals surface area contributed by atoms with Gasteiger partial charge in [0.15, 0.2) is 5.78 Å². The molecule has 3 aliphatic rings. The zero-order valence-corrected chi connectivity index (χ0v) is 25.0. The molecule has 4 atom stereocenters. The molecule has 3 aromatic heterocycles. The minimum absolute atomic E-state index is 0.0523. The predicted octanol–water partition coefficient (Wildman–Crippen LogP) is 7.51. The molecule has 7 rings (SSSR count). The first kappa shape index (κ1) is 27.7. The molecule has 1 aromatic carbocycles. The average molecular weight is 589 g/mol. The second-order valence-corrected chi connectivity index (χ2v) is 13.2. The van der Waals surface area contributed by atoms with Crippen molar-refractivity contribution in [1.29, 1.82) is 0 Å². The fourth-order valence-electron chi connectivity index (χ4n) is 7.88. The van der Waals surface area contributed by atoms with Gasteiger partial charge >= 0.3 is 0 Å². The van der Waals surface area contributed by atoms with Crippen LogP contribution >= 0.6 is 11.6 Å². The molecule has 43 heavy (non-hydrogen) atoms. The van der Waals surface area contributed by atoms with Crippen molar-refractivity contribution in [3.05, 3.63) is 136 Å². The smallest absolute Gasteiger partial charge is 0.207 e. The zero-order valence-electron chi connectivity index (χ0n) is 24.3. The minimum atomic E-state index is -1.05. The molecule has 0 bridgehead atoms. The molecule has 1 saturated heterocycles. The number of rotatable bonds is 5. The van der Waals surface area contributed by atoms with Crippen LogP contribution in [0.25, 0.3) is 0 Å². The van der Waals surface area contributed by atoms with Gasteiger partial charge in [0.05, 0.1) is 11.7 Å². The summed E-state index contributed by atoms with van der Waals surface area (Å²) in [5.41, 5.74) is 3.65. The second kappa shape index (κ2) is 10.5. The molecule has 7 heteroatoms. The highest BCUT2D eigenvalue weighted by molar-refractivity contribution is 6.30. The number of carbonyl (C=O) groups excluding carboxylic acids is 2. The van der Waals surface area contributed by atoms with Gasteiger partial charge in [-0.05, 0) is 78.8 Å². The number of aromatic nitrogens is 3. The van der Waals surface area contributed by atoms with E-state index in [1.165, 1.54) is 0 Å². The van der Waals surface area contributed by atoms with Gasteiger partial charge in [0.1, 0.15) is 11.2 Å². The molecule has 0 N–H and O–H groups in total. The minimum Gasteiger partial charge on any atom is -0.351 e. The fraction of sp³-hybridized carbons (Fsp3) is 0.306. The molecule has 2 aliphatic heterocycles. The molecule has 0 saturated carbocycles. The van der Waals surface area contributed by atoms with Crippen molar-refractivity contribution < 1.29 is 9.59 Å². The standard InChI is InChI=1S/C36H33ClN4O2/c1-35(2)21-29-25(30(42)22-35)16-17-36(34(43)28-11-5-8-20-40-28)32(26-9-3-6-18-38-26)31(23-12-14-24(37)15-13-23)33(41(29)36)27-10-4-7-19-39-27/h3-15,18-20,31-33H,16-17,21-22H2,1-2H3/t31-,32-,33+,36+/m0/s1. The lowest BCUT2D eigenvalue weighted by Gasteiger charge is -2.51. The topological polar surface area (TPSA) is 76.1 Å². The highest BCUT2D eigenvalue weighted by atomic mass is 35.5. The third-order valence-corrected chi connectivity index (χ3v) is 9.73. The number of nitrogens with zero attached hydrogens (tertiary/aromatic N) is 4. The molecule has 6 nitrogen and oxygen atoms in total. The Morgan fingerprint density at radius 3 is 2.12 bits per heavy atom. The van der Waals surface area contributed by atoms with Crippen LogP contribution < -0.4 is 0 Å². The third kappa shape index (κ3) is 4.51. The molecule has 1 fully saturated rings. The first-order valence-electron chi connectivity index (χ1n) is 14.9. The number of carbonyl (C=O) groups is 2. The Labute approximate surface area is 256 Å². The Hall–Kier alpha value is -4.16. The molecule has 1 aliphatic carbocycles. The molecular weight excluding hydrogens is 556 g/mol. The Kier molecular flexibility index (Phi) is 6.77. The van der Waals surface area contributed by atoms with E-state index in [1.54, 1.807) is 24.7 Å². The van der Waals surface area contributed by atoms with Crippen molar-refractivity contribution in [2.24, 2.45) is 5.41 Å². The first-order valence-corrected chi connectivity index (χ1v) is 15.3. The average Bonchev–Trinajstić information content (AvgIpc) is 3.34. The summed E-state index contributed by atoms with van der Waals surface area (Å²) in [7, 11) is 0. The van der Waals surface area contributed by atoms with E-state index in [4.69, 9.17) is 21.6 Å². The van der Waals surface area contributed by atoms with Crippen LogP contribution in [-0.4, -0.2) is 37.0 Å². The summed E-state index contributed by atoms with van der Waals surface area (Å²) in [5.74, 6) is -0.454. The monoisotopic (exact) mass is 588 g/mol. The van der Waals surface area contributed by atoms with E-state index in [1.807, 2.05) is 60.7 Å². The van der Waals surface area contributed by atoms with Crippen molar-refractivity contribution in [3.63, 3.8) is 0 Å². The van der Waals surface area contributed by atoms with Gasteiger partial charge in [-0.3, -0.25) is 24.5 Å². The number of Topliss-reactive ketones (excluding diaryl/α,β-unsaturated/α-hetero) is 2. The summed E-state index contributed by atoms with van der Waals surface area (Å²) in [4.78, 5) is 45.7. The molecule has 4 aromatic rings. The lowest BCUT2D eigenvalue weighted by molar-refractivity contribution is -0.119. The molecule has 0 amide bonds. The van der Waals surface area contributed by atoms with Gasteiger partial charge in [0.25, 0.3) is 0 Å². The number of hydrogen-bond acceptors (Lipinski definition) is 6. The van der Waals surface area contributed by atoms with Gasteiger partial charge in [0.2, 0.25) is 5.78 Å². The maximum Gasteiger partial charge on any atom is 0.207 e. The summed E-state index contributed by atoms with van der Waals surface area (Å²) in [6, 6.07) is 24.9. The lowest BCUT2D eigenvalue weighted by Crippen LogP contribution is -2.57. The zero-order chi connectivity index (χ0) is 29.8. The van der Waals surface area contributed by atoms with Gasteiger partial charge in [-0.1, -0.05) is 55.8 Å². The maximum atomic E-state index is 15.2. The van der Waals surface area contributed by atoms with Crippen LogP contribution in [0, 0.1) is 5.41 Å². The summed E-state index contributed by atoms with van der Waals surface area (Å²) in [6.07, 6.45) is 7.47. The van der Waals surface area contributed by atoms with Gasteiger partial charge in [-0.15, -0.1) is 0 Å². The summed E-state index contributed by atoms with van der Waals surface area (Å²) in [5, 5.41) is 0.645. The number of halogens is 1. The molecule has 0 radical (unpaired) electrons. The maximum absolute atomic E-state index is 15.2. The van der Waals surface area contributed by atoms with E-state index in [0.29, 0.717) is 36.4 Å². The number of pyridine rings is 3. The molecule has 0 spiro atoms. The third-order valence-electron chi connectivity index (χ3n) is 9.48. The second-order valence-electron chi connectivity index (χ2n) is 12.7. The molecule has 0 unspecified atom stereocenters. The Morgan fingerprint density at radius 2 is 1.49 bits per heavy atom. The van der Waals surface area contributed by atoms with E-state index in [9.17, 15) is 4.79 Å². The summed E-state index contributed by atoms with van der Waals surface area (Å²) >= 11 is 6.40. The summed E-state index contributed by atoms with van der Waals surface area (Å²) in [6.45, 7) is 4.29. The first-order chi connectivity index (χ1) is 20.8. The van der Waals surface area contributed by atoms with Gasteiger partial charge in [-0.25, -0.2) is 0 Å². The van der Waals surface area contributed by atoms with Gasteiger partial charge in [-0.2, -0.15) is 0 Å². The van der Waals surface area contributed by atoms with Crippen molar-refractivity contribution in [2.45, 2.75) is 62.9 Å². The fourth-order valence-corrected chi connectivity index (χ4v) is 8.00. The van der Waals surface area contributed by atoms with Crippen molar-refractivity contribution in [1.82, 2.24) is 19.9 Å².